The molecule has 0 saturated heterocycles. The van der Waals surface area contributed by atoms with Crippen LogP contribution >= 0.6 is 0 Å². The Morgan fingerprint density at radius 1 is 1.37 bits per heavy atom. The molecule has 6 heteroatoms. The number of nitrogens with one attached hydrogen (secondary N) is 1. The lowest BCUT2D eigenvalue weighted by Gasteiger charge is -2.11. The summed E-state index contributed by atoms with van der Waals surface area (Å²) >= 11 is 0. The van der Waals surface area contributed by atoms with E-state index in [0.717, 1.165) is 5.56 Å². The lowest BCUT2D eigenvalue weighted by molar-refractivity contribution is -0.123. The van der Waals surface area contributed by atoms with E-state index >= 15 is 0 Å². The van der Waals surface area contributed by atoms with Crippen LogP contribution in [0.1, 0.15) is 15.9 Å². The predicted molar refractivity (Wildman–Crippen MR) is 69.5 cm³/mol. The summed E-state index contributed by atoms with van der Waals surface area (Å²) in [4.78, 5) is 22.9. The highest BCUT2D eigenvalue weighted by Crippen LogP contribution is 2.06. The van der Waals surface area contributed by atoms with Gasteiger partial charge in [-0.25, -0.2) is 4.79 Å². The van der Waals surface area contributed by atoms with Crippen molar-refractivity contribution in [2.24, 2.45) is 5.73 Å². The minimum atomic E-state index is -0.700. The average Bonchev–Trinajstić information content (AvgIpc) is 2.44. The van der Waals surface area contributed by atoms with Gasteiger partial charge >= 0.3 is 5.97 Å². The molecule has 0 fully saturated rings. The molecule has 1 atom stereocenters. The first-order valence-electron chi connectivity index (χ1n) is 5.78. The molecular weight excluding hydrogens is 248 g/mol. The van der Waals surface area contributed by atoms with Crippen molar-refractivity contribution in [3.63, 3.8) is 0 Å². The van der Waals surface area contributed by atoms with E-state index in [-0.39, 0.29) is 12.5 Å². The smallest absolute Gasteiger partial charge is 0.337 e. The van der Waals surface area contributed by atoms with Crippen molar-refractivity contribution in [2.75, 3.05) is 20.8 Å². The van der Waals surface area contributed by atoms with Crippen LogP contribution in [0.2, 0.25) is 0 Å². The second kappa shape index (κ2) is 7.50. The number of ether oxygens (including phenoxy) is 2. The number of hydrogen-bond acceptors (Lipinski definition) is 5. The van der Waals surface area contributed by atoms with Gasteiger partial charge in [0.15, 0.2) is 0 Å². The van der Waals surface area contributed by atoms with Gasteiger partial charge < -0.3 is 20.5 Å². The second-order valence-corrected chi connectivity index (χ2v) is 3.97. The van der Waals surface area contributed by atoms with E-state index in [1.807, 2.05) is 0 Å². The molecule has 1 rings (SSSR count). The Bertz CT molecular complexity index is 448. The van der Waals surface area contributed by atoms with Gasteiger partial charge in [-0.2, -0.15) is 0 Å². The third kappa shape index (κ3) is 4.69. The zero-order valence-electron chi connectivity index (χ0n) is 11.0. The SMILES string of the molecule is COCC(N)C(=O)NCc1cccc(C(=O)OC)c1. The molecule has 0 aromatic heterocycles. The number of methoxy groups -OCH3 is 2. The van der Waals surface area contributed by atoms with Crippen LogP contribution < -0.4 is 11.1 Å². The van der Waals surface area contributed by atoms with E-state index < -0.39 is 12.0 Å². The number of carbonyl (C=O) groups is 2. The Morgan fingerprint density at radius 2 is 2.11 bits per heavy atom. The fourth-order valence-electron chi connectivity index (χ4n) is 1.50. The van der Waals surface area contributed by atoms with Crippen LogP contribution in [-0.2, 0) is 20.8 Å². The Kier molecular flexibility index (Phi) is 5.98. The molecule has 6 nitrogen and oxygen atoms in total. The number of benzene rings is 1. The second-order valence-electron chi connectivity index (χ2n) is 3.97. The van der Waals surface area contributed by atoms with Crippen LogP contribution in [0.3, 0.4) is 0 Å². The summed E-state index contributed by atoms with van der Waals surface area (Å²) in [6.07, 6.45) is 0. The summed E-state index contributed by atoms with van der Waals surface area (Å²) < 4.78 is 9.42. The summed E-state index contributed by atoms with van der Waals surface area (Å²) in [5.41, 5.74) is 6.81. The van der Waals surface area contributed by atoms with E-state index in [0.29, 0.717) is 12.1 Å². The molecule has 104 valence electrons. The fraction of sp³-hybridized carbons (Fsp3) is 0.385. The third-order valence-corrected chi connectivity index (χ3v) is 2.50. The van der Waals surface area contributed by atoms with E-state index in [4.69, 9.17) is 10.5 Å². The van der Waals surface area contributed by atoms with Crippen molar-refractivity contribution >= 4 is 11.9 Å². The summed E-state index contributed by atoms with van der Waals surface area (Å²) in [7, 11) is 2.80. The van der Waals surface area contributed by atoms with Crippen LogP contribution in [0, 0.1) is 0 Å². The molecule has 0 spiro atoms. The van der Waals surface area contributed by atoms with Gasteiger partial charge in [-0.15, -0.1) is 0 Å². The summed E-state index contributed by atoms with van der Waals surface area (Å²) in [5.74, 6) is -0.713. The number of hydrogen-bond donors (Lipinski definition) is 2. The number of amides is 1. The minimum absolute atomic E-state index is 0.161. The molecule has 3 N–H and O–H groups in total. The molecule has 0 radical (unpaired) electrons. The molecule has 1 amide bonds. The van der Waals surface area contributed by atoms with Crippen molar-refractivity contribution in [3.8, 4) is 0 Å². The predicted octanol–water partition coefficient (Wildman–Crippen LogP) is 0.0631. The average molecular weight is 266 g/mol. The number of nitrogens with two attached hydrogens (primary N) is 1. The van der Waals surface area contributed by atoms with Crippen LogP contribution in [0.4, 0.5) is 0 Å². The minimum Gasteiger partial charge on any atom is -0.465 e. The highest BCUT2D eigenvalue weighted by Gasteiger charge is 2.12. The zero-order chi connectivity index (χ0) is 14.3. The maximum Gasteiger partial charge on any atom is 0.337 e. The normalized spacial score (nSPS) is 11.7. The zero-order valence-corrected chi connectivity index (χ0v) is 11.0. The Hall–Kier alpha value is -1.92. The number of esters is 1. The standard InChI is InChI=1S/C13H18N2O4/c1-18-8-11(14)12(16)15-7-9-4-3-5-10(6-9)13(17)19-2/h3-6,11H,7-8,14H2,1-2H3,(H,15,16). The van der Waals surface area contributed by atoms with E-state index in [9.17, 15) is 9.59 Å². The Labute approximate surface area is 111 Å². The van der Waals surface area contributed by atoms with E-state index in [1.54, 1.807) is 24.3 Å². The maximum atomic E-state index is 11.6. The van der Waals surface area contributed by atoms with Gasteiger partial charge in [0.25, 0.3) is 0 Å². The van der Waals surface area contributed by atoms with E-state index in [2.05, 4.69) is 10.1 Å². The summed E-state index contributed by atoms with van der Waals surface area (Å²) in [6, 6.07) is 6.13. The molecule has 0 aliphatic carbocycles. The van der Waals surface area contributed by atoms with Crippen molar-refractivity contribution < 1.29 is 19.1 Å². The first-order valence-corrected chi connectivity index (χ1v) is 5.78. The Balaban J connectivity index is 2.58. The van der Waals surface area contributed by atoms with Gasteiger partial charge in [-0.05, 0) is 17.7 Å². The van der Waals surface area contributed by atoms with Gasteiger partial charge in [-0.3, -0.25) is 4.79 Å². The lowest BCUT2D eigenvalue weighted by Crippen LogP contribution is -2.43. The maximum absolute atomic E-state index is 11.6. The molecule has 0 aliphatic rings. The van der Waals surface area contributed by atoms with Crippen molar-refractivity contribution in [2.45, 2.75) is 12.6 Å². The molecule has 0 saturated carbocycles. The largest absolute Gasteiger partial charge is 0.465 e. The molecule has 0 heterocycles. The monoisotopic (exact) mass is 266 g/mol. The van der Waals surface area contributed by atoms with Gasteiger partial charge in [0.2, 0.25) is 5.91 Å². The van der Waals surface area contributed by atoms with Crippen molar-refractivity contribution in [1.29, 1.82) is 0 Å². The molecule has 1 unspecified atom stereocenters. The van der Waals surface area contributed by atoms with Gasteiger partial charge in [-0.1, -0.05) is 12.1 Å². The third-order valence-electron chi connectivity index (χ3n) is 2.50. The van der Waals surface area contributed by atoms with Crippen LogP contribution in [-0.4, -0.2) is 38.7 Å². The van der Waals surface area contributed by atoms with Gasteiger partial charge in [0.1, 0.15) is 6.04 Å². The van der Waals surface area contributed by atoms with Gasteiger partial charge in [0.05, 0.1) is 19.3 Å². The van der Waals surface area contributed by atoms with Gasteiger partial charge in [0, 0.05) is 13.7 Å². The van der Waals surface area contributed by atoms with Crippen LogP contribution in [0.25, 0.3) is 0 Å². The molecule has 19 heavy (non-hydrogen) atoms. The number of rotatable bonds is 6. The highest BCUT2D eigenvalue weighted by atomic mass is 16.5. The van der Waals surface area contributed by atoms with Crippen LogP contribution in [0.5, 0.6) is 0 Å². The molecule has 1 aromatic carbocycles. The lowest BCUT2D eigenvalue weighted by atomic mass is 10.1. The molecule has 0 aliphatic heterocycles. The molecule has 0 bridgehead atoms. The topological polar surface area (TPSA) is 90.6 Å². The van der Waals surface area contributed by atoms with Crippen LogP contribution in [0.15, 0.2) is 24.3 Å². The fourth-order valence-corrected chi connectivity index (χ4v) is 1.50. The van der Waals surface area contributed by atoms with Crippen molar-refractivity contribution in [1.82, 2.24) is 5.32 Å². The number of carbonyl (C=O) groups excluding carboxylic acids is 2. The molecular formula is C13H18N2O4. The summed E-state index contributed by atoms with van der Waals surface area (Å²) in [5, 5.41) is 2.67. The van der Waals surface area contributed by atoms with Crippen molar-refractivity contribution in [3.05, 3.63) is 35.4 Å². The molecule has 1 aromatic rings. The first-order chi connectivity index (χ1) is 9.08. The quantitative estimate of drug-likeness (QED) is 0.711. The highest BCUT2D eigenvalue weighted by molar-refractivity contribution is 5.89. The Morgan fingerprint density at radius 3 is 2.74 bits per heavy atom. The van der Waals surface area contributed by atoms with E-state index in [1.165, 1.54) is 14.2 Å². The first kappa shape index (κ1) is 15.1. The summed E-state index contributed by atoms with van der Waals surface area (Å²) in [6.45, 7) is 0.453.